The van der Waals surface area contributed by atoms with Crippen LogP contribution in [0.2, 0.25) is 0 Å². The lowest BCUT2D eigenvalue weighted by molar-refractivity contribution is -0.190. The van der Waals surface area contributed by atoms with Gasteiger partial charge < -0.3 is 35.6 Å². The number of aliphatic hydroxyl groups excluding tert-OH is 2. The molecule has 14 heteroatoms. The van der Waals surface area contributed by atoms with Gasteiger partial charge >= 0.3 is 12.1 Å². The number of halogens is 3. The lowest BCUT2D eigenvalue weighted by Gasteiger charge is -2.31. The van der Waals surface area contributed by atoms with E-state index in [0.717, 1.165) is 22.8 Å². The van der Waals surface area contributed by atoms with Crippen LogP contribution in [0.5, 0.6) is 0 Å². The fraction of sp³-hybridized carbons (Fsp3) is 0.467. The molecule has 4 aromatic rings. The van der Waals surface area contributed by atoms with Crippen LogP contribution in [-0.4, -0.2) is 90.6 Å². The Morgan fingerprint density at radius 1 is 1.14 bits per heavy atom. The van der Waals surface area contributed by atoms with E-state index in [4.69, 9.17) is 15.7 Å². The predicted octanol–water partition coefficient (Wildman–Crippen LogP) is 2.97. The molecule has 11 nitrogen and oxygen atoms in total. The first-order chi connectivity index (χ1) is 21.1. The number of aliphatic hydroxyl groups is 2. The Hall–Kier alpha value is -4.01. The molecule has 234 valence electrons. The SMILES string of the molecule is CCCN(C(=O)C(F)(F)F)[C@H]1C[C@@H](n2cnc3c(NCc4cccc5ccccc45)nc(N4CC[C@@H](N)C4)nc32)[C@H](O)[C@@H]1O. The summed E-state index contributed by atoms with van der Waals surface area (Å²) in [7, 11) is 0. The number of nitrogens with two attached hydrogens (primary N) is 1. The fourth-order valence-corrected chi connectivity index (χ4v) is 6.40. The van der Waals surface area contributed by atoms with Crippen molar-refractivity contribution in [3.8, 4) is 0 Å². The minimum Gasteiger partial charge on any atom is -0.388 e. The number of anilines is 2. The van der Waals surface area contributed by atoms with Gasteiger partial charge in [-0.1, -0.05) is 49.4 Å². The lowest BCUT2D eigenvalue weighted by atomic mass is 10.0. The van der Waals surface area contributed by atoms with Crippen LogP contribution in [0.1, 0.15) is 37.8 Å². The Balaban J connectivity index is 1.36. The molecule has 2 aliphatic rings. The van der Waals surface area contributed by atoms with E-state index in [1.807, 2.05) is 47.4 Å². The number of fused-ring (bicyclic) bond motifs is 2. The third-order valence-electron chi connectivity index (χ3n) is 8.59. The number of alkyl halides is 3. The number of nitrogens with one attached hydrogen (secondary N) is 1. The number of carbonyl (C=O) groups is 1. The largest absolute Gasteiger partial charge is 0.471 e. The molecule has 1 amide bonds. The van der Waals surface area contributed by atoms with Gasteiger partial charge in [0.1, 0.15) is 12.2 Å². The molecule has 0 radical (unpaired) electrons. The quantitative estimate of drug-likeness (QED) is 0.236. The molecule has 1 aliphatic carbocycles. The number of carbonyl (C=O) groups excluding carboxylic acids is 1. The predicted molar refractivity (Wildman–Crippen MR) is 159 cm³/mol. The van der Waals surface area contributed by atoms with Crippen LogP contribution in [0.15, 0.2) is 48.8 Å². The molecule has 2 aromatic carbocycles. The molecule has 0 bridgehead atoms. The first-order valence-corrected chi connectivity index (χ1v) is 14.8. The molecule has 5 N–H and O–H groups in total. The molecule has 1 saturated heterocycles. The van der Waals surface area contributed by atoms with E-state index in [0.29, 0.717) is 47.5 Å². The van der Waals surface area contributed by atoms with Crippen molar-refractivity contribution >= 4 is 39.6 Å². The van der Waals surface area contributed by atoms with Crippen LogP contribution >= 0.6 is 0 Å². The maximum atomic E-state index is 13.4. The van der Waals surface area contributed by atoms with Gasteiger partial charge in [0, 0.05) is 32.2 Å². The van der Waals surface area contributed by atoms with E-state index in [1.54, 1.807) is 11.5 Å². The fourth-order valence-electron chi connectivity index (χ4n) is 6.40. The van der Waals surface area contributed by atoms with Crippen molar-refractivity contribution in [2.45, 2.75) is 69.2 Å². The van der Waals surface area contributed by atoms with E-state index in [2.05, 4.69) is 10.3 Å². The molecule has 1 aliphatic heterocycles. The normalized spacial score (nSPS) is 24.0. The van der Waals surface area contributed by atoms with Crippen LogP contribution in [0.3, 0.4) is 0 Å². The van der Waals surface area contributed by atoms with E-state index in [9.17, 15) is 28.2 Å². The topological polar surface area (TPSA) is 146 Å². The summed E-state index contributed by atoms with van der Waals surface area (Å²) in [5, 5.41) is 27.6. The van der Waals surface area contributed by atoms with E-state index in [1.165, 1.54) is 6.33 Å². The summed E-state index contributed by atoms with van der Waals surface area (Å²) in [6.07, 6.45) is -5.85. The minimum absolute atomic E-state index is 0.0467. The number of hydrogen-bond donors (Lipinski definition) is 4. The zero-order valence-corrected chi connectivity index (χ0v) is 24.2. The second kappa shape index (κ2) is 11.8. The van der Waals surface area contributed by atoms with Crippen LogP contribution in [-0.2, 0) is 11.3 Å². The standard InChI is InChI=1S/C30H35F3N8O3/c1-2-11-40(28(44)30(31,32)33)21-13-22(25(43)24(21)42)41-16-36-23-26(37-29(38-27(23)41)39-12-10-19(34)15-39)35-14-18-8-5-7-17-6-3-4-9-20(17)18/h3-9,16,19,21-22,24-25,42-43H,2,10-15,34H2,1H3,(H,35,37,38)/t19-,21+,22-,24-,25+/m1/s1. The Kier molecular flexibility index (Phi) is 8.07. The maximum absolute atomic E-state index is 13.4. The summed E-state index contributed by atoms with van der Waals surface area (Å²) in [4.78, 5) is 28.9. The smallest absolute Gasteiger partial charge is 0.388 e. The zero-order chi connectivity index (χ0) is 31.2. The van der Waals surface area contributed by atoms with Crippen molar-refractivity contribution in [1.82, 2.24) is 24.4 Å². The van der Waals surface area contributed by atoms with E-state index in [-0.39, 0.29) is 25.4 Å². The van der Waals surface area contributed by atoms with Gasteiger partial charge in [0.25, 0.3) is 0 Å². The van der Waals surface area contributed by atoms with Crippen LogP contribution in [0.25, 0.3) is 21.9 Å². The van der Waals surface area contributed by atoms with Gasteiger partial charge in [-0.2, -0.15) is 23.1 Å². The monoisotopic (exact) mass is 612 g/mol. The molecule has 1 saturated carbocycles. The van der Waals surface area contributed by atoms with Gasteiger partial charge in [-0.3, -0.25) is 4.79 Å². The summed E-state index contributed by atoms with van der Waals surface area (Å²) >= 11 is 0. The first-order valence-electron chi connectivity index (χ1n) is 14.8. The number of amides is 1. The number of rotatable bonds is 8. The Morgan fingerprint density at radius 3 is 2.64 bits per heavy atom. The van der Waals surface area contributed by atoms with Gasteiger partial charge in [0.15, 0.2) is 17.0 Å². The molecule has 44 heavy (non-hydrogen) atoms. The number of hydrogen-bond acceptors (Lipinski definition) is 9. The summed E-state index contributed by atoms with van der Waals surface area (Å²) < 4.78 is 41.9. The van der Waals surface area contributed by atoms with Gasteiger partial charge in [0.2, 0.25) is 5.95 Å². The molecule has 0 unspecified atom stereocenters. The number of nitrogens with zero attached hydrogens (tertiary/aromatic N) is 6. The minimum atomic E-state index is -5.11. The van der Waals surface area contributed by atoms with E-state index < -0.39 is 36.4 Å². The average molecular weight is 613 g/mol. The summed E-state index contributed by atoms with van der Waals surface area (Å²) in [5.74, 6) is -1.19. The average Bonchev–Trinajstić information content (AvgIpc) is 3.71. The third kappa shape index (κ3) is 5.53. The maximum Gasteiger partial charge on any atom is 0.471 e. The van der Waals surface area contributed by atoms with Gasteiger partial charge in [-0.15, -0.1) is 0 Å². The van der Waals surface area contributed by atoms with Crippen molar-refractivity contribution < 1.29 is 28.2 Å². The van der Waals surface area contributed by atoms with Gasteiger partial charge in [-0.25, -0.2) is 4.98 Å². The molecule has 2 fully saturated rings. The molecular weight excluding hydrogens is 577 g/mol. The lowest BCUT2D eigenvalue weighted by Crippen LogP contribution is -2.51. The molecule has 6 rings (SSSR count). The summed E-state index contributed by atoms with van der Waals surface area (Å²) in [6, 6.07) is 11.9. The van der Waals surface area contributed by atoms with Gasteiger partial charge in [-0.05, 0) is 35.6 Å². The molecule has 2 aromatic heterocycles. The van der Waals surface area contributed by atoms with Crippen LogP contribution in [0, 0.1) is 0 Å². The Labute approximate surface area is 251 Å². The number of imidazole rings is 1. The van der Waals surface area contributed by atoms with Gasteiger partial charge in [0.05, 0.1) is 18.4 Å². The van der Waals surface area contributed by atoms with E-state index >= 15 is 0 Å². The molecule has 5 atom stereocenters. The van der Waals surface area contributed by atoms with Crippen molar-refractivity contribution in [1.29, 1.82) is 0 Å². The highest BCUT2D eigenvalue weighted by Gasteiger charge is 2.51. The number of benzene rings is 2. The first kappa shape index (κ1) is 30.0. The van der Waals surface area contributed by atoms with Crippen LogP contribution in [0.4, 0.5) is 24.9 Å². The Morgan fingerprint density at radius 2 is 1.91 bits per heavy atom. The number of aromatic nitrogens is 4. The molecule has 3 heterocycles. The van der Waals surface area contributed by atoms with Crippen molar-refractivity contribution in [2.24, 2.45) is 5.73 Å². The second-order valence-corrected chi connectivity index (χ2v) is 11.5. The third-order valence-corrected chi connectivity index (χ3v) is 8.59. The van der Waals surface area contributed by atoms with Crippen molar-refractivity contribution in [3.63, 3.8) is 0 Å². The van der Waals surface area contributed by atoms with Crippen molar-refractivity contribution in [2.75, 3.05) is 29.9 Å². The highest BCUT2D eigenvalue weighted by molar-refractivity contribution is 5.87. The molecule has 0 spiro atoms. The van der Waals surface area contributed by atoms with Crippen molar-refractivity contribution in [3.05, 3.63) is 54.4 Å². The highest BCUT2D eigenvalue weighted by Crippen LogP contribution is 2.38. The second-order valence-electron chi connectivity index (χ2n) is 11.5. The summed E-state index contributed by atoms with van der Waals surface area (Å²) in [5.41, 5.74) is 7.95. The molecular formula is C30H35F3N8O3. The zero-order valence-electron chi connectivity index (χ0n) is 24.2. The van der Waals surface area contributed by atoms with Crippen LogP contribution < -0.4 is 16.0 Å². The Bertz CT molecular complexity index is 1660. The summed E-state index contributed by atoms with van der Waals surface area (Å²) in [6.45, 7) is 3.04. The highest BCUT2D eigenvalue weighted by atomic mass is 19.4.